The first-order valence-electron chi connectivity index (χ1n) is 8.50. The molecule has 0 aromatic carbocycles. The third-order valence-corrected chi connectivity index (χ3v) is 3.78. The van der Waals surface area contributed by atoms with Crippen molar-refractivity contribution >= 4 is 11.9 Å². The third-order valence-electron chi connectivity index (χ3n) is 3.78. The van der Waals surface area contributed by atoms with Crippen LogP contribution in [0.4, 0.5) is 0 Å². The van der Waals surface area contributed by atoms with Crippen LogP contribution in [0.3, 0.4) is 0 Å². The van der Waals surface area contributed by atoms with Crippen LogP contribution in [0.15, 0.2) is 0 Å². The number of methoxy groups -OCH3 is 1. The van der Waals surface area contributed by atoms with Gasteiger partial charge >= 0.3 is 5.97 Å². The van der Waals surface area contributed by atoms with Crippen molar-refractivity contribution in [3.63, 3.8) is 0 Å². The van der Waals surface area contributed by atoms with E-state index in [1.165, 1.54) is 52.1 Å². The summed E-state index contributed by atoms with van der Waals surface area (Å²) in [4.78, 5) is 24.7. The minimum Gasteiger partial charge on any atom is -0.468 e. The molecule has 1 amide bonds. The molecule has 0 aliphatic rings. The van der Waals surface area contributed by atoms with Crippen LogP contribution in [0, 0.1) is 0 Å². The van der Waals surface area contributed by atoms with Crippen LogP contribution < -0.4 is 0 Å². The van der Waals surface area contributed by atoms with E-state index >= 15 is 0 Å². The van der Waals surface area contributed by atoms with Crippen molar-refractivity contribution in [2.45, 2.75) is 78.1 Å². The van der Waals surface area contributed by atoms with Crippen LogP contribution in [0.1, 0.15) is 78.1 Å². The molecule has 0 aliphatic carbocycles. The van der Waals surface area contributed by atoms with Gasteiger partial charge in [0, 0.05) is 13.0 Å². The van der Waals surface area contributed by atoms with Crippen molar-refractivity contribution in [2.75, 3.05) is 20.2 Å². The van der Waals surface area contributed by atoms with Gasteiger partial charge < -0.3 is 9.64 Å². The molecule has 0 rings (SSSR count). The highest BCUT2D eigenvalue weighted by atomic mass is 16.5. The minimum atomic E-state index is -0.350. The van der Waals surface area contributed by atoms with E-state index in [1.54, 1.807) is 4.90 Å². The molecule has 0 aliphatic heterocycles. The molecule has 0 saturated heterocycles. The number of likely N-dealkylation sites (N-methyl/N-ethyl adjacent to an activating group) is 1. The predicted molar refractivity (Wildman–Crippen MR) is 86.1 cm³/mol. The van der Waals surface area contributed by atoms with Crippen LogP contribution in [-0.4, -0.2) is 37.0 Å². The molecule has 21 heavy (non-hydrogen) atoms. The summed E-state index contributed by atoms with van der Waals surface area (Å²) in [5.74, 6) is -0.289. The van der Waals surface area contributed by atoms with Gasteiger partial charge in [-0.15, -0.1) is 0 Å². The molecule has 0 unspecified atom stereocenters. The summed E-state index contributed by atoms with van der Waals surface area (Å²) in [6.45, 7) is 4.75. The summed E-state index contributed by atoms with van der Waals surface area (Å²) in [5.41, 5.74) is 0. The van der Waals surface area contributed by atoms with Gasteiger partial charge in [-0.05, 0) is 13.3 Å². The van der Waals surface area contributed by atoms with Gasteiger partial charge in [0.2, 0.25) is 5.91 Å². The molecule has 0 N–H and O–H groups in total. The topological polar surface area (TPSA) is 46.6 Å². The van der Waals surface area contributed by atoms with Crippen LogP contribution >= 0.6 is 0 Å². The molecule has 0 radical (unpaired) electrons. The summed E-state index contributed by atoms with van der Waals surface area (Å²) < 4.78 is 4.60. The van der Waals surface area contributed by atoms with E-state index in [4.69, 9.17) is 0 Å². The summed E-state index contributed by atoms with van der Waals surface area (Å²) in [7, 11) is 1.35. The number of carbonyl (C=O) groups excluding carboxylic acids is 2. The first-order valence-corrected chi connectivity index (χ1v) is 8.50. The zero-order valence-corrected chi connectivity index (χ0v) is 14.2. The van der Waals surface area contributed by atoms with Gasteiger partial charge in [-0.2, -0.15) is 0 Å². The Morgan fingerprint density at radius 3 is 1.86 bits per heavy atom. The lowest BCUT2D eigenvalue weighted by atomic mass is 10.1. The zero-order valence-electron chi connectivity index (χ0n) is 14.2. The number of ether oxygens (including phenoxy) is 1. The Kier molecular flexibility index (Phi) is 13.2. The molecule has 124 valence electrons. The number of hydrogen-bond donors (Lipinski definition) is 0. The van der Waals surface area contributed by atoms with Crippen molar-refractivity contribution in [1.82, 2.24) is 4.90 Å². The molecule has 0 heterocycles. The number of carbonyl (C=O) groups is 2. The van der Waals surface area contributed by atoms with E-state index in [-0.39, 0.29) is 18.4 Å². The van der Waals surface area contributed by atoms with Gasteiger partial charge in [-0.25, -0.2) is 0 Å². The van der Waals surface area contributed by atoms with Gasteiger partial charge in [-0.1, -0.05) is 58.3 Å². The highest BCUT2D eigenvalue weighted by Gasteiger charge is 2.14. The van der Waals surface area contributed by atoms with Gasteiger partial charge in [0.15, 0.2) is 0 Å². The Morgan fingerprint density at radius 2 is 1.38 bits per heavy atom. The molecular formula is C17H33NO3. The van der Waals surface area contributed by atoms with Crippen molar-refractivity contribution in [3.05, 3.63) is 0 Å². The maximum atomic E-state index is 12.0. The second-order valence-corrected chi connectivity index (χ2v) is 5.56. The maximum absolute atomic E-state index is 12.0. The van der Waals surface area contributed by atoms with Crippen LogP contribution in [0.2, 0.25) is 0 Å². The molecule has 0 fully saturated rings. The fourth-order valence-electron chi connectivity index (χ4n) is 2.34. The largest absolute Gasteiger partial charge is 0.468 e. The predicted octanol–water partition coefficient (Wildman–Crippen LogP) is 3.93. The van der Waals surface area contributed by atoms with E-state index in [0.717, 1.165) is 12.8 Å². The molecule has 4 nitrogen and oxygen atoms in total. The molecular weight excluding hydrogens is 266 g/mol. The van der Waals surface area contributed by atoms with Crippen molar-refractivity contribution in [2.24, 2.45) is 0 Å². The zero-order chi connectivity index (χ0) is 15.9. The lowest BCUT2D eigenvalue weighted by Gasteiger charge is -2.19. The number of rotatable bonds is 13. The Labute approximate surface area is 130 Å². The Balaban J connectivity index is 3.57. The van der Waals surface area contributed by atoms with E-state index < -0.39 is 0 Å². The standard InChI is InChI=1S/C17H33NO3/c1-4-6-7-8-9-10-11-12-13-14-16(19)18(5-2)15-17(20)21-3/h4-15H2,1-3H3. The van der Waals surface area contributed by atoms with Crippen LogP contribution in [0.25, 0.3) is 0 Å². The molecule has 4 heteroatoms. The van der Waals surface area contributed by atoms with Crippen molar-refractivity contribution in [1.29, 1.82) is 0 Å². The smallest absolute Gasteiger partial charge is 0.325 e. The van der Waals surface area contributed by atoms with Gasteiger partial charge in [0.25, 0.3) is 0 Å². The summed E-state index contributed by atoms with van der Waals surface area (Å²) in [5, 5.41) is 0. The molecule has 0 aromatic heterocycles. The summed E-state index contributed by atoms with van der Waals surface area (Å²) in [6.07, 6.45) is 11.7. The molecule has 0 saturated carbocycles. The normalized spacial score (nSPS) is 10.4. The molecule has 0 spiro atoms. The fourth-order valence-corrected chi connectivity index (χ4v) is 2.34. The van der Waals surface area contributed by atoms with E-state index in [0.29, 0.717) is 13.0 Å². The second-order valence-electron chi connectivity index (χ2n) is 5.56. The number of amides is 1. The molecule has 0 bridgehead atoms. The van der Waals surface area contributed by atoms with E-state index in [9.17, 15) is 9.59 Å². The highest BCUT2D eigenvalue weighted by molar-refractivity contribution is 5.81. The molecule has 0 aromatic rings. The van der Waals surface area contributed by atoms with Crippen LogP contribution in [-0.2, 0) is 14.3 Å². The van der Waals surface area contributed by atoms with E-state index in [1.807, 2.05) is 6.92 Å². The van der Waals surface area contributed by atoms with Crippen molar-refractivity contribution in [3.8, 4) is 0 Å². The lowest BCUT2D eigenvalue weighted by Crippen LogP contribution is -2.35. The first-order chi connectivity index (χ1) is 10.2. The van der Waals surface area contributed by atoms with Crippen LogP contribution in [0.5, 0.6) is 0 Å². The number of nitrogens with zero attached hydrogens (tertiary/aromatic N) is 1. The maximum Gasteiger partial charge on any atom is 0.325 e. The Hall–Kier alpha value is -1.06. The quantitative estimate of drug-likeness (QED) is 0.382. The SMILES string of the molecule is CCCCCCCCCCCC(=O)N(CC)CC(=O)OC. The average molecular weight is 299 g/mol. The molecule has 0 atom stereocenters. The number of esters is 1. The van der Waals surface area contributed by atoms with Gasteiger partial charge in [0.05, 0.1) is 7.11 Å². The fraction of sp³-hybridized carbons (Fsp3) is 0.882. The number of hydrogen-bond acceptors (Lipinski definition) is 3. The average Bonchev–Trinajstić information content (AvgIpc) is 2.50. The van der Waals surface area contributed by atoms with E-state index in [2.05, 4.69) is 11.7 Å². The number of unbranched alkanes of at least 4 members (excludes halogenated alkanes) is 8. The Bertz CT molecular complexity index is 279. The van der Waals surface area contributed by atoms with Gasteiger partial charge in [0.1, 0.15) is 6.54 Å². The minimum absolute atomic E-state index is 0.0610. The lowest BCUT2D eigenvalue weighted by molar-refractivity contribution is -0.146. The monoisotopic (exact) mass is 299 g/mol. The first kappa shape index (κ1) is 19.9. The highest BCUT2D eigenvalue weighted by Crippen LogP contribution is 2.11. The third kappa shape index (κ3) is 11.3. The summed E-state index contributed by atoms with van der Waals surface area (Å²) >= 11 is 0. The van der Waals surface area contributed by atoms with Gasteiger partial charge in [-0.3, -0.25) is 9.59 Å². The van der Waals surface area contributed by atoms with Crippen molar-refractivity contribution < 1.29 is 14.3 Å². The summed E-state index contributed by atoms with van der Waals surface area (Å²) in [6, 6.07) is 0. The second kappa shape index (κ2) is 13.9. The Morgan fingerprint density at radius 1 is 0.857 bits per heavy atom.